The van der Waals surface area contributed by atoms with Crippen LogP contribution in [0.3, 0.4) is 0 Å². The molecule has 0 fully saturated rings. The first-order valence-electron chi connectivity index (χ1n) is 3.90. The quantitative estimate of drug-likeness (QED) is 0.685. The number of carbonyl (C=O) groups excluding carboxylic acids is 1. The van der Waals surface area contributed by atoms with Crippen molar-refractivity contribution in [1.29, 1.82) is 0 Å². The third-order valence-electron chi connectivity index (χ3n) is 1.56. The molecule has 1 aromatic rings. The van der Waals surface area contributed by atoms with Crippen molar-refractivity contribution < 1.29 is 18.0 Å². The highest BCUT2D eigenvalue weighted by Crippen LogP contribution is 2.16. The third kappa shape index (κ3) is 2.45. The van der Waals surface area contributed by atoms with Gasteiger partial charge in [-0.25, -0.2) is 13.2 Å². The molecule has 0 atom stereocenters. The Bertz CT molecular complexity index is 349. The van der Waals surface area contributed by atoms with Gasteiger partial charge in [0.25, 0.3) is 0 Å². The molecule has 0 radical (unpaired) electrons. The number of rotatable bonds is 3. The molecule has 1 nitrogen and oxygen atoms in total. The molecule has 74 valence electrons. The lowest BCUT2D eigenvalue weighted by atomic mass is 10.1. The Balaban J connectivity index is 3.02. The first kappa shape index (κ1) is 10.5. The standard InChI is InChI=1S/C10H7F3O/c11-7-5-9(12)8(10(13)6-7)3-1-2-4-14/h1,3-6H,2H2. The minimum atomic E-state index is -0.982. The van der Waals surface area contributed by atoms with Gasteiger partial charge in [-0.3, -0.25) is 0 Å². The van der Waals surface area contributed by atoms with Gasteiger partial charge in [0, 0.05) is 24.1 Å². The molecule has 0 saturated carbocycles. The number of aldehydes is 1. The second kappa shape index (κ2) is 4.60. The van der Waals surface area contributed by atoms with Gasteiger partial charge in [0.2, 0.25) is 0 Å². The van der Waals surface area contributed by atoms with E-state index >= 15 is 0 Å². The van der Waals surface area contributed by atoms with Crippen LogP contribution >= 0.6 is 0 Å². The lowest BCUT2D eigenvalue weighted by molar-refractivity contribution is -0.107. The molecule has 0 N–H and O–H groups in total. The average Bonchev–Trinajstić information content (AvgIpc) is 2.09. The maximum absolute atomic E-state index is 12.9. The van der Waals surface area contributed by atoms with Gasteiger partial charge in [0.05, 0.1) is 0 Å². The molecule has 1 rings (SSSR count). The summed E-state index contributed by atoms with van der Waals surface area (Å²) >= 11 is 0. The molecule has 1 aromatic carbocycles. The van der Waals surface area contributed by atoms with Crippen molar-refractivity contribution in [2.24, 2.45) is 0 Å². The molecular formula is C10H7F3O. The van der Waals surface area contributed by atoms with Gasteiger partial charge >= 0.3 is 0 Å². The number of hydrogen-bond donors (Lipinski definition) is 0. The molecular weight excluding hydrogens is 193 g/mol. The van der Waals surface area contributed by atoms with Crippen LogP contribution in [0.2, 0.25) is 0 Å². The smallest absolute Gasteiger partial charge is 0.136 e. The third-order valence-corrected chi connectivity index (χ3v) is 1.56. The van der Waals surface area contributed by atoms with Gasteiger partial charge in [0.15, 0.2) is 0 Å². The van der Waals surface area contributed by atoms with Crippen molar-refractivity contribution in [2.75, 3.05) is 0 Å². The largest absolute Gasteiger partial charge is 0.303 e. The minimum absolute atomic E-state index is 0.0657. The van der Waals surface area contributed by atoms with Crippen molar-refractivity contribution in [1.82, 2.24) is 0 Å². The van der Waals surface area contributed by atoms with Gasteiger partial charge in [0.1, 0.15) is 23.7 Å². The molecule has 0 bridgehead atoms. The summed E-state index contributed by atoms with van der Waals surface area (Å²) in [6.07, 6.45) is 3.07. The van der Waals surface area contributed by atoms with Crippen LogP contribution in [0, 0.1) is 17.5 Å². The molecule has 0 unspecified atom stereocenters. The summed E-state index contributed by atoms with van der Waals surface area (Å²) < 4.78 is 38.3. The van der Waals surface area contributed by atoms with Crippen molar-refractivity contribution in [2.45, 2.75) is 6.42 Å². The molecule has 0 aromatic heterocycles. The Morgan fingerprint density at radius 1 is 1.14 bits per heavy atom. The number of halogens is 3. The number of allylic oxidation sites excluding steroid dienone is 1. The predicted molar refractivity (Wildman–Crippen MR) is 46.0 cm³/mol. The van der Waals surface area contributed by atoms with Crippen LogP contribution in [0.5, 0.6) is 0 Å². The molecule has 4 heteroatoms. The molecule has 0 aliphatic carbocycles. The zero-order valence-corrected chi connectivity index (χ0v) is 7.14. The average molecular weight is 200 g/mol. The van der Waals surface area contributed by atoms with Gasteiger partial charge < -0.3 is 4.79 Å². The summed E-state index contributed by atoms with van der Waals surface area (Å²) in [5, 5.41) is 0. The normalized spacial score (nSPS) is 10.8. The summed E-state index contributed by atoms with van der Waals surface area (Å²) in [6, 6.07) is 1.17. The lowest BCUT2D eigenvalue weighted by Gasteiger charge is -1.98. The second-order valence-electron chi connectivity index (χ2n) is 2.59. The Kier molecular flexibility index (Phi) is 3.45. The topological polar surface area (TPSA) is 17.1 Å². The molecule has 0 heterocycles. The van der Waals surface area contributed by atoms with E-state index < -0.39 is 17.5 Å². The van der Waals surface area contributed by atoms with Gasteiger partial charge in [-0.15, -0.1) is 0 Å². The summed E-state index contributed by atoms with van der Waals surface area (Å²) in [5.74, 6) is -2.93. The lowest BCUT2D eigenvalue weighted by Crippen LogP contribution is -1.90. The van der Waals surface area contributed by atoms with E-state index in [-0.39, 0.29) is 12.0 Å². The Morgan fingerprint density at radius 3 is 2.21 bits per heavy atom. The van der Waals surface area contributed by atoms with E-state index in [9.17, 15) is 18.0 Å². The van der Waals surface area contributed by atoms with Crippen molar-refractivity contribution in [3.8, 4) is 0 Å². The number of hydrogen-bond acceptors (Lipinski definition) is 1. The number of benzene rings is 1. The van der Waals surface area contributed by atoms with Crippen molar-refractivity contribution in [3.05, 3.63) is 41.2 Å². The maximum atomic E-state index is 12.9. The first-order valence-corrected chi connectivity index (χ1v) is 3.90. The van der Waals surface area contributed by atoms with E-state index in [2.05, 4.69) is 0 Å². The fraction of sp³-hybridized carbons (Fsp3) is 0.100. The van der Waals surface area contributed by atoms with Crippen LogP contribution in [0.4, 0.5) is 13.2 Å². The van der Waals surface area contributed by atoms with E-state index in [4.69, 9.17) is 0 Å². The van der Waals surface area contributed by atoms with E-state index in [1.807, 2.05) is 0 Å². The molecule has 0 spiro atoms. The zero-order valence-electron chi connectivity index (χ0n) is 7.14. The van der Waals surface area contributed by atoms with Crippen molar-refractivity contribution in [3.63, 3.8) is 0 Å². The molecule has 0 aliphatic rings. The van der Waals surface area contributed by atoms with Gasteiger partial charge in [-0.1, -0.05) is 12.2 Å². The van der Waals surface area contributed by atoms with Crippen molar-refractivity contribution >= 4 is 12.4 Å². The van der Waals surface area contributed by atoms with Crippen LogP contribution < -0.4 is 0 Å². The van der Waals surface area contributed by atoms with Crippen LogP contribution in [-0.2, 0) is 4.79 Å². The van der Waals surface area contributed by atoms with E-state index in [1.54, 1.807) is 0 Å². The van der Waals surface area contributed by atoms with E-state index in [0.717, 1.165) is 6.08 Å². The molecule has 0 aliphatic heterocycles. The van der Waals surface area contributed by atoms with Gasteiger partial charge in [-0.05, 0) is 0 Å². The van der Waals surface area contributed by atoms with Crippen LogP contribution in [-0.4, -0.2) is 6.29 Å². The highest BCUT2D eigenvalue weighted by atomic mass is 19.1. The molecule has 0 saturated heterocycles. The summed E-state index contributed by atoms with van der Waals surface area (Å²) in [6.45, 7) is 0. The summed E-state index contributed by atoms with van der Waals surface area (Å²) in [4.78, 5) is 9.92. The Morgan fingerprint density at radius 2 is 1.71 bits per heavy atom. The number of carbonyl (C=O) groups is 1. The monoisotopic (exact) mass is 200 g/mol. The highest BCUT2D eigenvalue weighted by molar-refractivity contribution is 5.58. The maximum Gasteiger partial charge on any atom is 0.136 e. The molecule has 14 heavy (non-hydrogen) atoms. The fourth-order valence-electron chi connectivity index (χ4n) is 0.954. The Labute approximate surface area is 78.9 Å². The molecule has 0 amide bonds. The van der Waals surface area contributed by atoms with Crippen LogP contribution in [0.1, 0.15) is 12.0 Å². The fourth-order valence-corrected chi connectivity index (χ4v) is 0.954. The van der Waals surface area contributed by atoms with Crippen LogP contribution in [0.25, 0.3) is 6.08 Å². The zero-order chi connectivity index (χ0) is 10.6. The van der Waals surface area contributed by atoms with Gasteiger partial charge in [-0.2, -0.15) is 0 Å². The Hall–Kier alpha value is -1.58. The SMILES string of the molecule is O=CCC=Cc1c(F)cc(F)cc1F. The summed E-state index contributed by atoms with van der Waals surface area (Å²) in [7, 11) is 0. The highest BCUT2D eigenvalue weighted by Gasteiger charge is 2.07. The van der Waals surface area contributed by atoms with E-state index in [0.29, 0.717) is 18.4 Å². The predicted octanol–water partition coefficient (Wildman–Crippen LogP) is 2.71. The minimum Gasteiger partial charge on any atom is -0.303 e. The van der Waals surface area contributed by atoms with E-state index in [1.165, 1.54) is 6.08 Å². The second-order valence-corrected chi connectivity index (χ2v) is 2.59. The van der Waals surface area contributed by atoms with Crippen LogP contribution in [0.15, 0.2) is 18.2 Å². The summed E-state index contributed by atoms with van der Waals surface area (Å²) in [5.41, 5.74) is -0.340. The first-order chi connectivity index (χ1) is 6.65.